The van der Waals surface area contributed by atoms with Crippen molar-refractivity contribution in [1.82, 2.24) is 25.0 Å². The molecule has 2 aliphatic heterocycles. The molecule has 4 amide bonds. The number of rotatable bonds is 11. The normalized spacial score (nSPS) is 17.3. The van der Waals surface area contributed by atoms with Crippen molar-refractivity contribution in [3.63, 3.8) is 0 Å². The van der Waals surface area contributed by atoms with Gasteiger partial charge in [0.2, 0.25) is 5.91 Å². The summed E-state index contributed by atoms with van der Waals surface area (Å²) >= 11 is 0. The maximum absolute atomic E-state index is 13.5. The molecular weight excluding hydrogens is 574 g/mol. The van der Waals surface area contributed by atoms with E-state index in [9.17, 15) is 34.2 Å². The van der Waals surface area contributed by atoms with E-state index in [-0.39, 0.29) is 82.1 Å². The van der Waals surface area contributed by atoms with Gasteiger partial charge in [-0.15, -0.1) is 0 Å². The lowest BCUT2D eigenvalue weighted by Crippen LogP contribution is -2.56. The van der Waals surface area contributed by atoms with E-state index >= 15 is 0 Å². The van der Waals surface area contributed by atoms with E-state index in [1.54, 1.807) is 24.0 Å². The second kappa shape index (κ2) is 14.8. The topological polar surface area (TPSA) is 179 Å². The number of carboxylic acids is 1. The van der Waals surface area contributed by atoms with Crippen LogP contribution in [0, 0.1) is 12.8 Å². The Balaban J connectivity index is 1.50. The molecule has 2 aromatic rings. The van der Waals surface area contributed by atoms with Crippen LogP contribution in [0.5, 0.6) is 5.75 Å². The van der Waals surface area contributed by atoms with Gasteiger partial charge in [-0.05, 0) is 44.4 Å². The number of piperazine rings is 1. The number of pyridine rings is 1. The summed E-state index contributed by atoms with van der Waals surface area (Å²) in [4.78, 5) is 72.2. The number of aromatic nitrogens is 1. The standard InChI is InChI=1S/C30H39N5O9/c1-3-43-30(42)34-12-10-33(11-13-34)29(41)22(6-7-27(38)39)32-28(40)24-15-25(21-5-4-19(2)14-23(21)31-24)44-18-26(37)35-9-8-20(16-35)17-36/h4-5,14-15,20,22,36H,3,6-13,16-18H2,1-2H3,(H,32,40)(H,38,39)/t20-,22+/m1/s1. The van der Waals surface area contributed by atoms with Gasteiger partial charge in [-0.3, -0.25) is 19.2 Å². The highest BCUT2D eigenvalue weighted by Crippen LogP contribution is 2.27. The van der Waals surface area contributed by atoms with E-state index in [1.165, 1.54) is 15.9 Å². The maximum Gasteiger partial charge on any atom is 0.409 e. The summed E-state index contributed by atoms with van der Waals surface area (Å²) in [7, 11) is 0. The van der Waals surface area contributed by atoms with Gasteiger partial charge >= 0.3 is 12.1 Å². The summed E-state index contributed by atoms with van der Waals surface area (Å²) in [6.07, 6.45) is -0.254. The minimum absolute atomic E-state index is 0.0111. The Bertz CT molecular complexity index is 1390. The van der Waals surface area contributed by atoms with E-state index < -0.39 is 29.9 Å². The lowest BCUT2D eigenvalue weighted by atomic mass is 10.1. The van der Waals surface area contributed by atoms with Crippen LogP contribution in [0.15, 0.2) is 24.3 Å². The van der Waals surface area contributed by atoms with Crippen LogP contribution in [-0.4, -0.2) is 125 Å². The Morgan fingerprint density at radius 1 is 1.05 bits per heavy atom. The molecule has 2 aliphatic rings. The zero-order valence-corrected chi connectivity index (χ0v) is 25.0. The number of benzene rings is 1. The first-order chi connectivity index (χ1) is 21.1. The van der Waals surface area contributed by atoms with Gasteiger partial charge in [0.15, 0.2) is 6.61 Å². The SMILES string of the molecule is CCOC(=O)N1CCN(C(=O)[C@H](CCC(=O)O)NC(=O)c2cc(OCC(=O)N3CC[C@@H](CO)C3)c3ccc(C)cc3n2)CC1. The van der Waals surface area contributed by atoms with E-state index in [0.29, 0.717) is 30.4 Å². The van der Waals surface area contributed by atoms with Gasteiger partial charge in [0.1, 0.15) is 17.5 Å². The van der Waals surface area contributed by atoms with Crippen molar-refractivity contribution in [2.45, 2.75) is 39.2 Å². The highest BCUT2D eigenvalue weighted by atomic mass is 16.6. The molecule has 2 atom stereocenters. The summed E-state index contributed by atoms with van der Waals surface area (Å²) in [5, 5.41) is 21.9. The number of hydrogen-bond donors (Lipinski definition) is 3. The largest absolute Gasteiger partial charge is 0.483 e. The van der Waals surface area contributed by atoms with Crippen LogP contribution in [0.1, 0.15) is 42.2 Å². The first-order valence-corrected chi connectivity index (χ1v) is 14.8. The Morgan fingerprint density at radius 3 is 2.43 bits per heavy atom. The molecule has 3 N–H and O–H groups in total. The number of fused-ring (bicyclic) bond motifs is 1. The third-order valence-electron chi connectivity index (χ3n) is 7.78. The number of likely N-dealkylation sites (tertiary alicyclic amines) is 1. The highest BCUT2D eigenvalue weighted by Gasteiger charge is 2.31. The second-order valence-corrected chi connectivity index (χ2v) is 11.0. The van der Waals surface area contributed by atoms with Crippen LogP contribution >= 0.6 is 0 Å². The molecule has 2 saturated heterocycles. The molecule has 1 aromatic heterocycles. The fourth-order valence-corrected chi connectivity index (χ4v) is 5.28. The van der Waals surface area contributed by atoms with Gasteiger partial charge < -0.3 is 39.7 Å². The van der Waals surface area contributed by atoms with E-state index in [4.69, 9.17) is 9.47 Å². The number of carboxylic acid groups (broad SMARTS) is 1. The monoisotopic (exact) mass is 613 g/mol. The number of nitrogens with zero attached hydrogens (tertiary/aromatic N) is 4. The van der Waals surface area contributed by atoms with E-state index in [0.717, 1.165) is 5.56 Å². The third kappa shape index (κ3) is 8.13. The second-order valence-electron chi connectivity index (χ2n) is 11.0. The van der Waals surface area contributed by atoms with Gasteiger partial charge in [0.25, 0.3) is 11.8 Å². The molecule has 1 aromatic carbocycles. The van der Waals surface area contributed by atoms with Crippen molar-refractivity contribution in [2.24, 2.45) is 5.92 Å². The van der Waals surface area contributed by atoms with Gasteiger partial charge in [0.05, 0.1) is 12.1 Å². The molecule has 0 spiro atoms. The van der Waals surface area contributed by atoms with E-state index in [2.05, 4.69) is 10.3 Å². The third-order valence-corrected chi connectivity index (χ3v) is 7.78. The summed E-state index contributed by atoms with van der Waals surface area (Å²) in [5.41, 5.74) is 1.27. The Kier molecular flexibility index (Phi) is 10.9. The van der Waals surface area contributed by atoms with Crippen molar-refractivity contribution >= 4 is 40.7 Å². The average molecular weight is 614 g/mol. The molecular formula is C30H39N5O9. The molecule has 4 rings (SSSR count). The predicted molar refractivity (Wildman–Crippen MR) is 157 cm³/mol. The fourth-order valence-electron chi connectivity index (χ4n) is 5.28. The Hall–Kier alpha value is -4.46. The van der Waals surface area contributed by atoms with Crippen LogP contribution in [0.3, 0.4) is 0 Å². The number of aliphatic hydroxyl groups is 1. The Labute approximate surface area is 254 Å². The predicted octanol–water partition coefficient (Wildman–Crippen LogP) is 1.03. The van der Waals surface area contributed by atoms with Crippen molar-refractivity contribution in [3.8, 4) is 5.75 Å². The lowest BCUT2D eigenvalue weighted by molar-refractivity contribution is -0.138. The molecule has 0 saturated carbocycles. The first-order valence-electron chi connectivity index (χ1n) is 14.8. The molecule has 3 heterocycles. The van der Waals surface area contributed by atoms with Crippen molar-refractivity contribution < 1.29 is 43.7 Å². The zero-order valence-electron chi connectivity index (χ0n) is 25.0. The van der Waals surface area contributed by atoms with Gasteiger partial charge in [-0.2, -0.15) is 0 Å². The van der Waals surface area contributed by atoms with Crippen molar-refractivity contribution in [2.75, 3.05) is 59.1 Å². The van der Waals surface area contributed by atoms with Crippen LogP contribution in [-0.2, 0) is 19.1 Å². The number of nitrogens with one attached hydrogen (secondary N) is 1. The number of ether oxygens (including phenoxy) is 2. The average Bonchev–Trinajstić information content (AvgIpc) is 3.50. The molecule has 14 heteroatoms. The number of carbonyl (C=O) groups excluding carboxylic acids is 4. The van der Waals surface area contributed by atoms with Crippen LogP contribution in [0.4, 0.5) is 4.79 Å². The summed E-state index contributed by atoms with van der Waals surface area (Å²) in [6.45, 7) is 5.41. The number of aryl methyl sites for hydroxylation is 1. The smallest absolute Gasteiger partial charge is 0.409 e. The molecule has 14 nitrogen and oxygen atoms in total. The molecule has 0 aliphatic carbocycles. The minimum Gasteiger partial charge on any atom is -0.483 e. The Morgan fingerprint density at radius 2 is 1.77 bits per heavy atom. The highest BCUT2D eigenvalue weighted by molar-refractivity contribution is 5.99. The van der Waals surface area contributed by atoms with Gasteiger partial charge in [0, 0.05) is 69.7 Å². The van der Waals surface area contributed by atoms with E-state index in [1.807, 2.05) is 13.0 Å². The molecule has 0 bridgehead atoms. The number of aliphatic carboxylic acids is 1. The molecule has 0 unspecified atom stereocenters. The van der Waals surface area contributed by atoms with Gasteiger partial charge in [-0.25, -0.2) is 9.78 Å². The number of amides is 4. The first kappa shape index (κ1) is 32.5. The fraction of sp³-hybridized carbons (Fsp3) is 0.533. The summed E-state index contributed by atoms with van der Waals surface area (Å²) < 4.78 is 10.9. The van der Waals surface area contributed by atoms with Crippen LogP contribution in [0.25, 0.3) is 10.9 Å². The molecule has 44 heavy (non-hydrogen) atoms. The maximum atomic E-state index is 13.5. The quantitative estimate of drug-likeness (QED) is 0.331. The number of carbonyl (C=O) groups is 5. The number of hydrogen-bond acceptors (Lipinski definition) is 9. The van der Waals surface area contributed by atoms with Gasteiger partial charge in [-0.1, -0.05) is 6.07 Å². The summed E-state index contributed by atoms with van der Waals surface area (Å²) in [6, 6.07) is 5.66. The van der Waals surface area contributed by atoms with Crippen molar-refractivity contribution in [1.29, 1.82) is 0 Å². The zero-order chi connectivity index (χ0) is 31.8. The van der Waals surface area contributed by atoms with Crippen LogP contribution < -0.4 is 10.1 Å². The van der Waals surface area contributed by atoms with Crippen LogP contribution in [0.2, 0.25) is 0 Å². The summed E-state index contributed by atoms with van der Waals surface area (Å²) in [5.74, 6) is -2.23. The molecule has 2 fully saturated rings. The minimum atomic E-state index is -1.15. The molecule has 238 valence electrons. The molecule has 0 radical (unpaired) electrons. The lowest BCUT2D eigenvalue weighted by Gasteiger charge is -2.35. The number of aliphatic hydroxyl groups excluding tert-OH is 1. The van der Waals surface area contributed by atoms with Crippen molar-refractivity contribution in [3.05, 3.63) is 35.5 Å².